The summed E-state index contributed by atoms with van der Waals surface area (Å²) < 4.78 is 22.9. The number of aromatic nitrogens is 3. The van der Waals surface area contributed by atoms with E-state index in [-0.39, 0.29) is 34.7 Å². The minimum atomic E-state index is -0.555. The van der Waals surface area contributed by atoms with Crippen molar-refractivity contribution >= 4 is 45.0 Å². The summed E-state index contributed by atoms with van der Waals surface area (Å²) in [5.74, 6) is -0.147. The number of halogens is 2. The average molecular weight is 587 g/mol. The fourth-order valence-corrected chi connectivity index (χ4v) is 7.16. The Kier molecular flexibility index (Phi) is 6.74. The van der Waals surface area contributed by atoms with Crippen molar-refractivity contribution in [2.75, 3.05) is 44.7 Å². The van der Waals surface area contributed by atoms with E-state index in [1.54, 1.807) is 17.2 Å². The molecule has 4 aromatic rings. The van der Waals surface area contributed by atoms with Crippen LogP contribution in [0.5, 0.6) is 6.01 Å². The van der Waals surface area contributed by atoms with Crippen LogP contribution < -0.4 is 9.64 Å². The lowest BCUT2D eigenvalue weighted by molar-refractivity contribution is -0.130. The van der Waals surface area contributed by atoms with E-state index in [1.807, 2.05) is 42.3 Å². The van der Waals surface area contributed by atoms with E-state index in [1.165, 1.54) is 6.08 Å². The molecule has 5 heterocycles. The number of carbonyl (C=O) groups excluding carboxylic acids is 1. The topological polar surface area (TPSA) is 74.7 Å². The molecule has 0 saturated carbocycles. The fraction of sp³-hybridized carbons (Fsp3) is 0.375. The summed E-state index contributed by atoms with van der Waals surface area (Å²) in [4.78, 5) is 32.3. The SMILES string of the molecule is C=CC(=O)N1CC(N(C)c2nc(OCC34CCCN3CCC4)nc3c(F)c(-c4cccc5cccc(Cl)c45)ncc23)C1. The quantitative estimate of drug-likeness (QED) is 0.266. The van der Waals surface area contributed by atoms with Gasteiger partial charge in [-0.3, -0.25) is 14.7 Å². The summed E-state index contributed by atoms with van der Waals surface area (Å²) in [7, 11) is 1.90. The average Bonchev–Trinajstić information content (AvgIpc) is 3.56. The van der Waals surface area contributed by atoms with Crippen LogP contribution in [-0.2, 0) is 4.79 Å². The Hall–Kier alpha value is -3.82. The molecule has 216 valence electrons. The Morgan fingerprint density at radius 2 is 1.93 bits per heavy atom. The standard InChI is InChI=1S/C32H32ClFN6O2/c1-3-25(41)39-17-21(18-39)38(2)30-23-16-35-28(22-10-4-8-20-9-5-11-24(33)26(20)22)27(34)29(23)36-31(37-30)42-19-32-12-6-14-40(32)15-7-13-32/h3-5,8-11,16,21H,1,6-7,12-15,17-19H2,2H3. The van der Waals surface area contributed by atoms with Crippen LogP contribution in [0, 0.1) is 5.82 Å². The van der Waals surface area contributed by atoms with E-state index in [0.717, 1.165) is 49.5 Å². The van der Waals surface area contributed by atoms with E-state index in [0.29, 0.717) is 41.5 Å². The van der Waals surface area contributed by atoms with Crippen molar-refractivity contribution in [1.29, 1.82) is 0 Å². The number of carbonyl (C=O) groups is 1. The van der Waals surface area contributed by atoms with Crippen molar-refractivity contribution in [3.8, 4) is 17.3 Å². The zero-order chi connectivity index (χ0) is 29.0. The van der Waals surface area contributed by atoms with E-state index >= 15 is 4.39 Å². The van der Waals surface area contributed by atoms with E-state index in [2.05, 4.69) is 21.4 Å². The van der Waals surface area contributed by atoms with Gasteiger partial charge in [0.1, 0.15) is 23.6 Å². The molecule has 10 heteroatoms. The van der Waals surface area contributed by atoms with Crippen LogP contribution in [0.25, 0.3) is 32.9 Å². The number of ether oxygens (including phenoxy) is 1. The lowest BCUT2D eigenvalue weighted by atomic mass is 9.95. The van der Waals surface area contributed by atoms with Gasteiger partial charge in [-0.1, -0.05) is 48.5 Å². The zero-order valence-corrected chi connectivity index (χ0v) is 24.3. The monoisotopic (exact) mass is 586 g/mol. The largest absolute Gasteiger partial charge is 0.461 e. The van der Waals surface area contributed by atoms with Crippen molar-refractivity contribution in [2.24, 2.45) is 0 Å². The predicted molar refractivity (Wildman–Crippen MR) is 162 cm³/mol. The van der Waals surface area contributed by atoms with E-state index in [4.69, 9.17) is 21.3 Å². The summed E-state index contributed by atoms with van der Waals surface area (Å²) in [6.45, 7) is 7.24. The number of anilines is 1. The maximum Gasteiger partial charge on any atom is 0.319 e. The Labute approximate surface area is 248 Å². The second-order valence-electron chi connectivity index (χ2n) is 11.6. The van der Waals surface area contributed by atoms with Gasteiger partial charge >= 0.3 is 6.01 Å². The van der Waals surface area contributed by atoms with Gasteiger partial charge in [0, 0.05) is 42.3 Å². The van der Waals surface area contributed by atoms with Crippen LogP contribution in [-0.4, -0.2) is 82.1 Å². The molecule has 0 atom stereocenters. The van der Waals surface area contributed by atoms with Gasteiger partial charge in [0.15, 0.2) is 5.82 Å². The third-order valence-corrected chi connectivity index (χ3v) is 9.58. The number of benzene rings is 2. The van der Waals surface area contributed by atoms with Crippen LogP contribution >= 0.6 is 11.6 Å². The molecule has 0 bridgehead atoms. The van der Waals surface area contributed by atoms with E-state index < -0.39 is 5.82 Å². The van der Waals surface area contributed by atoms with Crippen molar-refractivity contribution in [2.45, 2.75) is 37.3 Å². The summed E-state index contributed by atoms with van der Waals surface area (Å²) in [5.41, 5.74) is 0.895. The molecule has 7 rings (SSSR count). The highest BCUT2D eigenvalue weighted by Gasteiger charge is 2.45. The molecular weight excluding hydrogens is 555 g/mol. The highest BCUT2D eigenvalue weighted by Crippen LogP contribution is 2.40. The highest BCUT2D eigenvalue weighted by atomic mass is 35.5. The van der Waals surface area contributed by atoms with Crippen molar-refractivity contribution in [3.05, 3.63) is 66.1 Å². The molecule has 8 nitrogen and oxygen atoms in total. The number of fused-ring (bicyclic) bond motifs is 3. The Balaban J connectivity index is 1.31. The first-order chi connectivity index (χ1) is 20.4. The first-order valence-electron chi connectivity index (χ1n) is 14.4. The number of amides is 1. The zero-order valence-electron chi connectivity index (χ0n) is 23.5. The molecule has 0 radical (unpaired) electrons. The summed E-state index contributed by atoms with van der Waals surface area (Å²) in [6, 6.07) is 11.4. The lowest BCUT2D eigenvalue weighted by Crippen LogP contribution is -2.60. The number of hydrogen-bond acceptors (Lipinski definition) is 7. The third kappa shape index (κ3) is 4.37. The predicted octanol–water partition coefficient (Wildman–Crippen LogP) is 5.48. The minimum absolute atomic E-state index is 0.00166. The molecule has 3 saturated heterocycles. The number of likely N-dealkylation sites (tertiary alicyclic amines) is 1. The molecule has 3 aliphatic heterocycles. The van der Waals surface area contributed by atoms with Gasteiger partial charge in [-0.2, -0.15) is 9.97 Å². The van der Waals surface area contributed by atoms with Crippen molar-refractivity contribution in [1.82, 2.24) is 24.8 Å². The maximum atomic E-state index is 16.6. The molecule has 0 N–H and O–H groups in total. The van der Waals surface area contributed by atoms with Gasteiger partial charge in [0.05, 0.1) is 17.0 Å². The minimum Gasteiger partial charge on any atom is -0.461 e. The number of likely N-dealkylation sites (N-methyl/N-ethyl adjacent to an activating group) is 1. The van der Waals surface area contributed by atoms with Crippen LogP contribution in [0.15, 0.2) is 55.3 Å². The first-order valence-corrected chi connectivity index (χ1v) is 14.8. The summed E-state index contributed by atoms with van der Waals surface area (Å²) in [5, 5.41) is 2.64. The van der Waals surface area contributed by atoms with Crippen LogP contribution in [0.2, 0.25) is 5.02 Å². The van der Waals surface area contributed by atoms with Gasteiger partial charge < -0.3 is 14.5 Å². The maximum absolute atomic E-state index is 16.6. The van der Waals surface area contributed by atoms with Gasteiger partial charge in [-0.25, -0.2) is 4.39 Å². The van der Waals surface area contributed by atoms with Gasteiger partial charge in [-0.05, 0) is 56.3 Å². The number of pyridine rings is 1. The van der Waals surface area contributed by atoms with Crippen molar-refractivity contribution in [3.63, 3.8) is 0 Å². The third-order valence-electron chi connectivity index (χ3n) is 9.26. The molecule has 0 aliphatic carbocycles. The molecular formula is C32H32ClFN6O2. The Morgan fingerprint density at radius 3 is 2.67 bits per heavy atom. The second kappa shape index (κ2) is 10.5. The number of rotatable bonds is 7. The van der Waals surface area contributed by atoms with Crippen LogP contribution in [0.4, 0.5) is 10.2 Å². The van der Waals surface area contributed by atoms with Gasteiger partial charge in [-0.15, -0.1) is 0 Å². The molecule has 3 fully saturated rings. The number of hydrogen-bond donors (Lipinski definition) is 0. The highest BCUT2D eigenvalue weighted by molar-refractivity contribution is 6.36. The van der Waals surface area contributed by atoms with E-state index in [9.17, 15) is 4.79 Å². The molecule has 3 aliphatic rings. The molecule has 0 spiro atoms. The number of nitrogens with zero attached hydrogens (tertiary/aromatic N) is 6. The molecule has 2 aromatic carbocycles. The van der Waals surface area contributed by atoms with Crippen LogP contribution in [0.3, 0.4) is 0 Å². The van der Waals surface area contributed by atoms with Crippen LogP contribution in [0.1, 0.15) is 25.7 Å². The normalized spacial score (nSPS) is 18.3. The molecule has 42 heavy (non-hydrogen) atoms. The first kappa shape index (κ1) is 27.0. The van der Waals surface area contributed by atoms with Gasteiger partial charge in [0.2, 0.25) is 5.91 Å². The molecule has 1 amide bonds. The molecule has 2 aromatic heterocycles. The Morgan fingerprint density at radius 1 is 1.19 bits per heavy atom. The van der Waals surface area contributed by atoms with Gasteiger partial charge in [0.25, 0.3) is 0 Å². The van der Waals surface area contributed by atoms with Crippen molar-refractivity contribution < 1.29 is 13.9 Å². The second-order valence-corrected chi connectivity index (χ2v) is 12.0. The molecule has 0 unspecified atom stereocenters. The summed E-state index contributed by atoms with van der Waals surface area (Å²) in [6.07, 6.45) is 7.39. The Bertz CT molecular complexity index is 1710. The summed E-state index contributed by atoms with van der Waals surface area (Å²) >= 11 is 6.58. The lowest BCUT2D eigenvalue weighted by Gasteiger charge is -2.44. The fourth-order valence-electron chi connectivity index (χ4n) is 6.88. The smallest absolute Gasteiger partial charge is 0.319 e.